The molecule has 2 aromatic carbocycles. The number of nitrogens with zero attached hydrogens (tertiary/aromatic N) is 4. The molecule has 9 heteroatoms. The summed E-state index contributed by atoms with van der Waals surface area (Å²) in [6, 6.07) is 16.2. The summed E-state index contributed by atoms with van der Waals surface area (Å²) in [5.74, 6) is 1.50. The molecule has 2 aliphatic rings. The molecule has 9 nitrogen and oxygen atoms in total. The summed E-state index contributed by atoms with van der Waals surface area (Å²) >= 11 is 0. The van der Waals surface area contributed by atoms with Crippen LogP contribution in [0.15, 0.2) is 58.5 Å². The summed E-state index contributed by atoms with van der Waals surface area (Å²) in [7, 11) is 0. The average Bonchev–Trinajstić information content (AvgIpc) is 3.41. The third-order valence-electron chi connectivity index (χ3n) is 4.74. The van der Waals surface area contributed by atoms with Crippen molar-refractivity contribution in [1.29, 1.82) is 0 Å². The lowest BCUT2D eigenvalue weighted by Crippen LogP contribution is -2.33. The van der Waals surface area contributed by atoms with Crippen LogP contribution in [0.2, 0.25) is 0 Å². The highest BCUT2D eigenvalue weighted by molar-refractivity contribution is 5.94. The Morgan fingerprint density at radius 2 is 1.00 bits per heavy atom. The highest BCUT2D eigenvalue weighted by Crippen LogP contribution is 2.21. The van der Waals surface area contributed by atoms with Gasteiger partial charge in [-0.3, -0.25) is 9.68 Å². The van der Waals surface area contributed by atoms with E-state index in [1.807, 2.05) is 62.4 Å². The molecule has 0 amide bonds. The van der Waals surface area contributed by atoms with Crippen LogP contribution in [0.1, 0.15) is 13.8 Å². The maximum Gasteiger partial charge on any atom is 0.223 e. The Hall–Kier alpha value is -3.30. The molecular weight excluding hydrogens is 394 g/mol. The molecule has 2 aliphatic heterocycles. The zero-order valence-corrected chi connectivity index (χ0v) is 18.0. The van der Waals surface area contributed by atoms with Gasteiger partial charge in [0.15, 0.2) is 0 Å². The van der Waals surface area contributed by atoms with E-state index in [2.05, 4.69) is 25.9 Å². The summed E-state index contributed by atoms with van der Waals surface area (Å²) in [6.07, 6.45) is 0. The van der Waals surface area contributed by atoms with Gasteiger partial charge in [-0.1, -0.05) is 0 Å². The van der Waals surface area contributed by atoms with Gasteiger partial charge in [0.1, 0.15) is 0 Å². The zero-order chi connectivity index (χ0) is 21.5. The third-order valence-corrected chi connectivity index (χ3v) is 4.74. The maximum absolute atomic E-state index is 5.57. The Balaban J connectivity index is 1.31. The second kappa shape index (κ2) is 10.1. The minimum absolute atomic E-state index is 0.622. The number of aliphatic imine (C=N–C) groups is 2. The van der Waals surface area contributed by atoms with E-state index in [1.165, 1.54) is 0 Å². The van der Waals surface area contributed by atoms with Crippen LogP contribution in [0, 0.1) is 0 Å². The Morgan fingerprint density at radius 3 is 1.35 bits per heavy atom. The summed E-state index contributed by atoms with van der Waals surface area (Å²) in [5, 5.41) is 13.6. The SMILES string of the molecule is CCON1CCN=C1Nc1ccc(Nc2ccc(NC3=NCCN3OCC)cc2)cc1. The molecule has 0 saturated heterocycles. The molecule has 0 bridgehead atoms. The van der Waals surface area contributed by atoms with Crippen molar-refractivity contribution in [3.05, 3.63) is 48.5 Å². The van der Waals surface area contributed by atoms with Crippen molar-refractivity contribution in [3.8, 4) is 0 Å². The Bertz CT molecular complexity index is 837. The number of rotatable bonds is 8. The van der Waals surface area contributed by atoms with Crippen LogP contribution in [-0.4, -0.2) is 61.4 Å². The molecule has 4 rings (SSSR count). The Labute approximate surface area is 182 Å². The molecule has 0 spiro atoms. The predicted octanol–water partition coefficient (Wildman–Crippen LogP) is 3.50. The number of nitrogens with one attached hydrogen (secondary N) is 3. The van der Waals surface area contributed by atoms with Crippen molar-refractivity contribution in [1.82, 2.24) is 10.1 Å². The second-order valence-corrected chi connectivity index (χ2v) is 6.98. The van der Waals surface area contributed by atoms with E-state index in [4.69, 9.17) is 9.68 Å². The van der Waals surface area contributed by atoms with Gasteiger partial charge in [-0.15, -0.1) is 0 Å². The molecular formula is C22H29N7O2. The second-order valence-electron chi connectivity index (χ2n) is 6.98. The standard InChI is InChI=1S/C22H29N7O2/c1-3-30-28-15-13-23-21(28)26-19-9-5-17(6-10-19)25-18-7-11-20(12-8-18)27-22-24-14-16-29(22)31-4-2/h5-12,25H,3-4,13-16H2,1-2H3,(H,23,26)(H,24,27). The fraction of sp³-hybridized carbons (Fsp3) is 0.364. The summed E-state index contributed by atoms with van der Waals surface area (Å²) < 4.78 is 0. The van der Waals surface area contributed by atoms with Crippen molar-refractivity contribution < 1.29 is 9.68 Å². The molecule has 0 aliphatic carbocycles. The Kier molecular flexibility index (Phi) is 6.85. The monoisotopic (exact) mass is 423 g/mol. The van der Waals surface area contributed by atoms with Crippen molar-refractivity contribution in [2.45, 2.75) is 13.8 Å². The molecule has 2 aromatic rings. The van der Waals surface area contributed by atoms with Crippen LogP contribution in [0.5, 0.6) is 0 Å². The first-order chi connectivity index (χ1) is 15.2. The van der Waals surface area contributed by atoms with Crippen molar-refractivity contribution in [2.75, 3.05) is 55.3 Å². The van der Waals surface area contributed by atoms with Crippen LogP contribution >= 0.6 is 0 Å². The van der Waals surface area contributed by atoms with Gasteiger partial charge in [-0.05, 0) is 62.4 Å². The number of guanidine groups is 2. The van der Waals surface area contributed by atoms with E-state index in [-0.39, 0.29) is 0 Å². The van der Waals surface area contributed by atoms with Crippen LogP contribution < -0.4 is 16.0 Å². The van der Waals surface area contributed by atoms with E-state index >= 15 is 0 Å². The molecule has 0 saturated carbocycles. The molecule has 0 radical (unpaired) electrons. The highest BCUT2D eigenvalue weighted by Gasteiger charge is 2.18. The summed E-state index contributed by atoms with van der Waals surface area (Å²) in [5.41, 5.74) is 3.94. The lowest BCUT2D eigenvalue weighted by atomic mass is 10.2. The van der Waals surface area contributed by atoms with E-state index in [0.29, 0.717) is 13.2 Å². The number of hydrogen-bond acceptors (Lipinski definition) is 9. The topological polar surface area (TPSA) is 85.8 Å². The first-order valence-electron chi connectivity index (χ1n) is 10.7. The lowest BCUT2D eigenvalue weighted by molar-refractivity contribution is -0.0848. The van der Waals surface area contributed by atoms with Crippen molar-refractivity contribution >= 4 is 34.7 Å². The van der Waals surface area contributed by atoms with Crippen LogP contribution in [0.4, 0.5) is 22.7 Å². The molecule has 0 unspecified atom stereocenters. The quantitative estimate of drug-likeness (QED) is 0.599. The Morgan fingerprint density at radius 1 is 0.645 bits per heavy atom. The number of anilines is 4. The molecule has 3 N–H and O–H groups in total. The van der Waals surface area contributed by atoms with Crippen LogP contribution in [0.3, 0.4) is 0 Å². The zero-order valence-electron chi connectivity index (χ0n) is 18.0. The van der Waals surface area contributed by atoms with Crippen molar-refractivity contribution in [3.63, 3.8) is 0 Å². The van der Waals surface area contributed by atoms with E-state index in [1.54, 1.807) is 10.1 Å². The fourth-order valence-corrected chi connectivity index (χ4v) is 3.33. The van der Waals surface area contributed by atoms with Gasteiger partial charge in [0, 0.05) is 22.7 Å². The minimum atomic E-state index is 0.622. The lowest BCUT2D eigenvalue weighted by Gasteiger charge is -2.19. The number of hydroxylamine groups is 4. The summed E-state index contributed by atoms with van der Waals surface area (Å²) in [6.45, 7) is 8.21. The number of benzene rings is 2. The summed E-state index contributed by atoms with van der Waals surface area (Å²) in [4.78, 5) is 20.0. The molecule has 31 heavy (non-hydrogen) atoms. The first-order valence-corrected chi connectivity index (χ1v) is 10.7. The van der Waals surface area contributed by atoms with E-state index < -0.39 is 0 Å². The van der Waals surface area contributed by atoms with Crippen LogP contribution in [0.25, 0.3) is 0 Å². The largest absolute Gasteiger partial charge is 0.356 e. The molecule has 0 atom stereocenters. The van der Waals surface area contributed by atoms with Gasteiger partial charge in [0.25, 0.3) is 0 Å². The molecule has 2 heterocycles. The average molecular weight is 424 g/mol. The van der Waals surface area contributed by atoms with Gasteiger partial charge >= 0.3 is 0 Å². The van der Waals surface area contributed by atoms with E-state index in [0.717, 1.165) is 60.8 Å². The minimum Gasteiger partial charge on any atom is -0.356 e. The van der Waals surface area contributed by atoms with Gasteiger partial charge in [0.05, 0.1) is 39.4 Å². The number of hydrogen-bond donors (Lipinski definition) is 3. The van der Waals surface area contributed by atoms with Gasteiger partial charge in [0.2, 0.25) is 11.9 Å². The highest BCUT2D eigenvalue weighted by atomic mass is 16.7. The fourth-order valence-electron chi connectivity index (χ4n) is 3.33. The molecule has 0 aromatic heterocycles. The van der Waals surface area contributed by atoms with E-state index in [9.17, 15) is 0 Å². The molecule has 164 valence electrons. The van der Waals surface area contributed by atoms with Gasteiger partial charge in [-0.2, -0.15) is 0 Å². The molecule has 0 fully saturated rings. The van der Waals surface area contributed by atoms with Crippen LogP contribution in [-0.2, 0) is 9.68 Å². The first kappa shape index (κ1) is 21.0. The van der Waals surface area contributed by atoms with Gasteiger partial charge < -0.3 is 16.0 Å². The maximum atomic E-state index is 5.57. The normalized spacial score (nSPS) is 15.7. The van der Waals surface area contributed by atoms with Crippen molar-refractivity contribution in [2.24, 2.45) is 9.98 Å². The smallest absolute Gasteiger partial charge is 0.223 e. The third kappa shape index (κ3) is 5.44. The predicted molar refractivity (Wildman–Crippen MR) is 125 cm³/mol. The van der Waals surface area contributed by atoms with Gasteiger partial charge in [-0.25, -0.2) is 20.1 Å².